The van der Waals surface area contributed by atoms with Crippen LogP contribution in [-0.2, 0) is 9.53 Å². The molecule has 0 aliphatic carbocycles. The lowest BCUT2D eigenvalue weighted by atomic mass is 10.1. The molecule has 0 aromatic heterocycles. The van der Waals surface area contributed by atoms with E-state index in [4.69, 9.17) is 9.47 Å². The minimum Gasteiger partial charge on any atom is -0.497 e. The van der Waals surface area contributed by atoms with Crippen molar-refractivity contribution in [3.8, 4) is 11.5 Å². The van der Waals surface area contributed by atoms with Gasteiger partial charge in [0.2, 0.25) is 0 Å². The van der Waals surface area contributed by atoms with Crippen molar-refractivity contribution in [3.63, 3.8) is 0 Å². The monoisotopic (exact) mass is 322 g/mol. The Labute approximate surface area is 140 Å². The van der Waals surface area contributed by atoms with Gasteiger partial charge in [0.15, 0.2) is 0 Å². The second-order valence-electron chi connectivity index (χ2n) is 5.68. The van der Waals surface area contributed by atoms with Gasteiger partial charge in [-0.25, -0.2) is 0 Å². The summed E-state index contributed by atoms with van der Waals surface area (Å²) in [4.78, 5) is 10.9. The first-order chi connectivity index (χ1) is 11.3. The summed E-state index contributed by atoms with van der Waals surface area (Å²) in [6.45, 7) is 0.769. The smallest absolute Gasteiger partial charge is 0.305 e. The molecule has 0 spiro atoms. The van der Waals surface area contributed by atoms with Gasteiger partial charge in [-0.1, -0.05) is 38.5 Å². The fourth-order valence-electron chi connectivity index (χ4n) is 2.40. The van der Waals surface area contributed by atoms with Crippen LogP contribution in [0.5, 0.6) is 11.5 Å². The molecule has 130 valence electrons. The minimum absolute atomic E-state index is 0.0955. The molecule has 0 heterocycles. The Morgan fingerprint density at radius 1 is 0.783 bits per heavy atom. The van der Waals surface area contributed by atoms with Gasteiger partial charge in [-0.3, -0.25) is 4.79 Å². The van der Waals surface area contributed by atoms with Gasteiger partial charge in [-0.05, 0) is 37.1 Å². The van der Waals surface area contributed by atoms with E-state index in [0.717, 1.165) is 37.4 Å². The Morgan fingerprint density at radius 3 is 1.87 bits per heavy atom. The number of benzene rings is 1. The zero-order valence-corrected chi connectivity index (χ0v) is 14.5. The maximum Gasteiger partial charge on any atom is 0.305 e. The van der Waals surface area contributed by atoms with Crippen LogP contribution < -0.4 is 9.47 Å². The normalized spacial score (nSPS) is 10.3. The fourth-order valence-corrected chi connectivity index (χ4v) is 2.40. The van der Waals surface area contributed by atoms with Crippen molar-refractivity contribution >= 4 is 5.97 Å². The van der Waals surface area contributed by atoms with Crippen LogP contribution >= 0.6 is 0 Å². The lowest BCUT2D eigenvalue weighted by molar-refractivity contribution is -0.140. The second kappa shape index (κ2) is 12.8. The van der Waals surface area contributed by atoms with Crippen molar-refractivity contribution in [3.05, 3.63) is 24.3 Å². The maximum atomic E-state index is 10.9. The molecule has 4 nitrogen and oxygen atoms in total. The first-order valence-corrected chi connectivity index (χ1v) is 8.60. The summed E-state index contributed by atoms with van der Waals surface area (Å²) in [6, 6.07) is 7.70. The Bertz CT molecular complexity index is 414. The summed E-state index contributed by atoms with van der Waals surface area (Å²) in [5.41, 5.74) is 0. The molecule has 4 heteroatoms. The van der Waals surface area contributed by atoms with Crippen LogP contribution in [0.15, 0.2) is 24.3 Å². The number of unbranched alkanes of at least 4 members (excludes halogenated alkanes) is 7. The topological polar surface area (TPSA) is 44.8 Å². The Morgan fingerprint density at radius 2 is 1.30 bits per heavy atom. The Balaban J connectivity index is 1.87. The number of carbonyl (C=O) groups excluding carboxylic acids is 1. The number of esters is 1. The van der Waals surface area contributed by atoms with E-state index < -0.39 is 0 Å². The molecule has 0 saturated heterocycles. The Kier molecular flexibility index (Phi) is 10.8. The van der Waals surface area contributed by atoms with Gasteiger partial charge in [0.05, 0.1) is 20.8 Å². The number of ether oxygens (including phenoxy) is 3. The lowest BCUT2D eigenvalue weighted by Gasteiger charge is -2.07. The maximum absolute atomic E-state index is 10.9. The number of rotatable bonds is 13. The van der Waals surface area contributed by atoms with Crippen LogP contribution in [0.3, 0.4) is 0 Å². The lowest BCUT2D eigenvalue weighted by Crippen LogP contribution is -1.99. The van der Waals surface area contributed by atoms with Gasteiger partial charge < -0.3 is 14.2 Å². The van der Waals surface area contributed by atoms with Crippen molar-refractivity contribution in [1.29, 1.82) is 0 Å². The molecule has 23 heavy (non-hydrogen) atoms. The van der Waals surface area contributed by atoms with E-state index in [1.165, 1.54) is 39.2 Å². The van der Waals surface area contributed by atoms with Gasteiger partial charge in [0.25, 0.3) is 0 Å². The molecule has 0 saturated carbocycles. The summed E-state index contributed by atoms with van der Waals surface area (Å²) >= 11 is 0. The molecule has 0 atom stereocenters. The third-order valence-corrected chi connectivity index (χ3v) is 3.83. The predicted octanol–water partition coefficient (Wildman–Crippen LogP) is 4.76. The highest BCUT2D eigenvalue weighted by Crippen LogP contribution is 2.17. The van der Waals surface area contributed by atoms with Gasteiger partial charge >= 0.3 is 5.97 Å². The fraction of sp³-hybridized carbons (Fsp3) is 0.632. The molecule has 0 unspecified atom stereocenters. The molecule has 0 N–H and O–H groups in total. The second-order valence-corrected chi connectivity index (χ2v) is 5.68. The van der Waals surface area contributed by atoms with Crippen LogP contribution in [0.4, 0.5) is 0 Å². The average molecular weight is 322 g/mol. The van der Waals surface area contributed by atoms with E-state index in [1.807, 2.05) is 24.3 Å². The van der Waals surface area contributed by atoms with E-state index in [-0.39, 0.29) is 5.97 Å². The number of carbonyl (C=O) groups is 1. The zero-order valence-electron chi connectivity index (χ0n) is 14.5. The molecular formula is C19H30O4. The number of methoxy groups -OCH3 is 2. The summed E-state index contributed by atoms with van der Waals surface area (Å²) in [6.07, 6.45) is 9.90. The quantitative estimate of drug-likeness (QED) is 0.388. The molecule has 0 fully saturated rings. The largest absolute Gasteiger partial charge is 0.497 e. The molecule has 0 amide bonds. The van der Waals surface area contributed by atoms with Gasteiger partial charge in [0, 0.05) is 6.42 Å². The molecule has 0 aliphatic heterocycles. The minimum atomic E-state index is -0.0955. The SMILES string of the molecule is COC(=O)CCCCCCCCCCOc1ccc(OC)cc1. The Hall–Kier alpha value is -1.71. The van der Waals surface area contributed by atoms with Crippen molar-refractivity contribution in [1.82, 2.24) is 0 Å². The first-order valence-electron chi connectivity index (χ1n) is 8.60. The van der Waals surface area contributed by atoms with Crippen LogP contribution in [-0.4, -0.2) is 26.8 Å². The zero-order chi connectivity index (χ0) is 16.8. The predicted molar refractivity (Wildman–Crippen MR) is 92.1 cm³/mol. The van der Waals surface area contributed by atoms with Crippen LogP contribution in [0.25, 0.3) is 0 Å². The van der Waals surface area contributed by atoms with Gasteiger partial charge in [0.1, 0.15) is 11.5 Å². The highest BCUT2D eigenvalue weighted by molar-refractivity contribution is 5.68. The van der Waals surface area contributed by atoms with E-state index in [1.54, 1.807) is 7.11 Å². The van der Waals surface area contributed by atoms with Gasteiger partial charge in [-0.2, -0.15) is 0 Å². The van der Waals surface area contributed by atoms with Crippen LogP contribution in [0.2, 0.25) is 0 Å². The molecule has 0 bridgehead atoms. The van der Waals surface area contributed by atoms with Crippen molar-refractivity contribution in [2.75, 3.05) is 20.8 Å². The summed E-state index contributed by atoms with van der Waals surface area (Å²) < 4.78 is 15.4. The number of hydrogen-bond acceptors (Lipinski definition) is 4. The highest BCUT2D eigenvalue weighted by atomic mass is 16.5. The molecule has 1 aromatic carbocycles. The first kappa shape index (κ1) is 19.3. The third kappa shape index (κ3) is 9.82. The van der Waals surface area contributed by atoms with Crippen molar-refractivity contribution in [2.24, 2.45) is 0 Å². The summed E-state index contributed by atoms with van der Waals surface area (Å²) in [5, 5.41) is 0. The summed E-state index contributed by atoms with van der Waals surface area (Å²) in [5.74, 6) is 1.65. The molecule has 0 radical (unpaired) electrons. The third-order valence-electron chi connectivity index (χ3n) is 3.83. The standard InChI is InChI=1S/C19H30O4/c1-21-17-12-14-18(15-13-17)23-16-10-8-6-4-3-5-7-9-11-19(20)22-2/h12-15H,3-11,16H2,1-2H3. The van der Waals surface area contributed by atoms with Crippen molar-refractivity contribution < 1.29 is 19.0 Å². The van der Waals surface area contributed by atoms with E-state index in [2.05, 4.69) is 4.74 Å². The molecule has 1 rings (SSSR count). The van der Waals surface area contributed by atoms with E-state index >= 15 is 0 Å². The number of hydrogen-bond donors (Lipinski definition) is 0. The van der Waals surface area contributed by atoms with E-state index in [0.29, 0.717) is 6.42 Å². The molecular weight excluding hydrogens is 292 g/mol. The van der Waals surface area contributed by atoms with Crippen LogP contribution in [0, 0.1) is 0 Å². The van der Waals surface area contributed by atoms with Crippen LogP contribution in [0.1, 0.15) is 57.8 Å². The molecule has 1 aromatic rings. The average Bonchev–Trinajstić information content (AvgIpc) is 2.59. The van der Waals surface area contributed by atoms with E-state index in [9.17, 15) is 4.79 Å². The van der Waals surface area contributed by atoms with Gasteiger partial charge in [-0.15, -0.1) is 0 Å². The van der Waals surface area contributed by atoms with Crippen molar-refractivity contribution in [2.45, 2.75) is 57.8 Å². The summed E-state index contributed by atoms with van der Waals surface area (Å²) in [7, 11) is 3.11. The molecule has 0 aliphatic rings. The highest BCUT2D eigenvalue weighted by Gasteiger charge is 1.99.